The first-order valence-electron chi connectivity index (χ1n) is 7.89. The van der Waals surface area contributed by atoms with Gasteiger partial charge in [-0.25, -0.2) is 12.7 Å². The fourth-order valence-corrected chi connectivity index (χ4v) is 4.12. The van der Waals surface area contributed by atoms with Crippen molar-refractivity contribution >= 4 is 33.4 Å². The molecule has 2 aromatic rings. The van der Waals surface area contributed by atoms with Crippen LogP contribution in [0.3, 0.4) is 0 Å². The highest BCUT2D eigenvalue weighted by molar-refractivity contribution is 8.00. The number of rotatable bonds is 7. The van der Waals surface area contributed by atoms with Gasteiger partial charge in [-0.15, -0.1) is 11.8 Å². The minimum atomic E-state index is -3.69. The number of benzene rings is 2. The van der Waals surface area contributed by atoms with E-state index in [1.54, 1.807) is 13.0 Å². The number of carbonyl (C=O) groups is 1. The third-order valence-electron chi connectivity index (χ3n) is 3.62. The predicted octanol–water partition coefficient (Wildman–Crippen LogP) is 3.06. The fourth-order valence-electron chi connectivity index (χ4n) is 2.15. The predicted molar refractivity (Wildman–Crippen MR) is 104 cm³/mol. The molecule has 1 atom stereocenters. The Morgan fingerprint density at radius 1 is 1.15 bits per heavy atom. The van der Waals surface area contributed by atoms with Crippen LogP contribution in [0.2, 0.25) is 0 Å². The Labute approximate surface area is 158 Å². The zero-order valence-corrected chi connectivity index (χ0v) is 16.7. The van der Waals surface area contributed by atoms with Crippen molar-refractivity contribution in [2.45, 2.75) is 22.0 Å². The molecule has 0 aliphatic rings. The molecule has 26 heavy (non-hydrogen) atoms. The monoisotopic (exact) mass is 394 g/mol. The van der Waals surface area contributed by atoms with E-state index in [2.05, 4.69) is 5.32 Å². The Balaban J connectivity index is 2.20. The van der Waals surface area contributed by atoms with Gasteiger partial charge >= 0.3 is 0 Å². The average Bonchev–Trinajstić information content (AvgIpc) is 2.62. The fraction of sp³-hybridized carbons (Fsp3) is 0.278. The van der Waals surface area contributed by atoms with E-state index >= 15 is 0 Å². The van der Waals surface area contributed by atoms with Crippen molar-refractivity contribution in [3.8, 4) is 5.75 Å². The number of nitrogens with zero attached hydrogens (tertiary/aromatic N) is 1. The van der Waals surface area contributed by atoms with Gasteiger partial charge in [0.05, 0.1) is 12.4 Å². The lowest BCUT2D eigenvalue weighted by Crippen LogP contribution is -2.24. The second-order valence-electron chi connectivity index (χ2n) is 5.72. The number of carbonyl (C=O) groups excluding carboxylic acids is 1. The van der Waals surface area contributed by atoms with Crippen molar-refractivity contribution < 1.29 is 17.9 Å². The molecule has 1 amide bonds. The van der Waals surface area contributed by atoms with Gasteiger partial charge < -0.3 is 10.1 Å². The zero-order chi connectivity index (χ0) is 19.3. The first-order valence-corrected chi connectivity index (χ1v) is 10.2. The molecule has 0 saturated heterocycles. The largest absolute Gasteiger partial charge is 0.495 e. The molecular formula is C18H22N2O4S2. The highest BCUT2D eigenvalue weighted by Crippen LogP contribution is 2.29. The summed E-state index contributed by atoms with van der Waals surface area (Å²) in [4.78, 5) is 13.4. The van der Waals surface area contributed by atoms with E-state index in [9.17, 15) is 13.2 Å². The molecule has 0 radical (unpaired) electrons. The van der Waals surface area contributed by atoms with Crippen LogP contribution in [-0.4, -0.2) is 45.1 Å². The minimum absolute atomic E-state index is 0.00571. The van der Waals surface area contributed by atoms with E-state index in [-0.39, 0.29) is 21.8 Å². The van der Waals surface area contributed by atoms with E-state index < -0.39 is 10.0 Å². The summed E-state index contributed by atoms with van der Waals surface area (Å²) in [6, 6.07) is 14.2. The van der Waals surface area contributed by atoms with Crippen LogP contribution < -0.4 is 10.1 Å². The van der Waals surface area contributed by atoms with Gasteiger partial charge in [-0.05, 0) is 37.3 Å². The minimum Gasteiger partial charge on any atom is -0.495 e. The molecule has 0 spiro atoms. The molecule has 0 unspecified atom stereocenters. The molecule has 0 saturated carbocycles. The van der Waals surface area contributed by atoms with Crippen LogP contribution in [0, 0.1) is 0 Å². The Kier molecular flexibility index (Phi) is 6.69. The Morgan fingerprint density at radius 3 is 2.38 bits per heavy atom. The second kappa shape index (κ2) is 8.57. The summed E-state index contributed by atoms with van der Waals surface area (Å²) in [5.41, 5.74) is 0.400. The van der Waals surface area contributed by atoms with Crippen molar-refractivity contribution in [2.24, 2.45) is 0 Å². The van der Waals surface area contributed by atoms with E-state index in [0.29, 0.717) is 5.69 Å². The number of nitrogens with one attached hydrogen (secondary N) is 1. The Hall–Kier alpha value is -2.03. The molecule has 2 rings (SSSR count). The number of ether oxygens (including phenoxy) is 1. The van der Waals surface area contributed by atoms with Crippen molar-refractivity contribution in [3.63, 3.8) is 0 Å². The molecule has 0 aliphatic carbocycles. The molecule has 6 nitrogen and oxygen atoms in total. The molecule has 140 valence electrons. The lowest BCUT2D eigenvalue weighted by atomic mass is 10.3. The van der Waals surface area contributed by atoms with E-state index in [1.165, 1.54) is 45.1 Å². The van der Waals surface area contributed by atoms with Gasteiger partial charge in [-0.3, -0.25) is 4.79 Å². The third kappa shape index (κ3) is 4.78. The number of anilines is 1. The van der Waals surface area contributed by atoms with E-state index in [0.717, 1.165) is 9.20 Å². The van der Waals surface area contributed by atoms with Crippen LogP contribution in [0.4, 0.5) is 5.69 Å². The van der Waals surface area contributed by atoms with Crippen LogP contribution in [0.25, 0.3) is 0 Å². The van der Waals surface area contributed by atoms with Crippen molar-refractivity contribution in [1.82, 2.24) is 4.31 Å². The SMILES string of the molecule is COc1ccc(NC(=O)[C@H](C)Sc2ccccc2)cc1S(=O)(=O)N(C)C. The lowest BCUT2D eigenvalue weighted by molar-refractivity contribution is -0.115. The van der Waals surface area contributed by atoms with Gasteiger partial charge in [0, 0.05) is 24.7 Å². The summed E-state index contributed by atoms with van der Waals surface area (Å²) in [7, 11) is 0.595. The highest BCUT2D eigenvalue weighted by atomic mass is 32.2. The topological polar surface area (TPSA) is 75.7 Å². The number of hydrogen-bond acceptors (Lipinski definition) is 5. The quantitative estimate of drug-likeness (QED) is 0.731. The maximum absolute atomic E-state index is 12.5. The van der Waals surface area contributed by atoms with E-state index in [1.807, 2.05) is 30.3 Å². The van der Waals surface area contributed by atoms with Gasteiger partial charge in [0.15, 0.2) is 0 Å². The van der Waals surface area contributed by atoms with Gasteiger partial charge in [0.25, 0.3) is 0 Å². The summed E-state index contributed by atoms with van der Waals surface area (Å²) in [5.74, 6) is 0.0145. The molecule has 8 heteroatoms. The Bertz CT molecular complexity index is 868. The first kappa shape index (κ1) is 20.3. The molecule has 0 bridgehead atoms. The molecular weight excluding hydrogens is 372 g/mol. The summed E-state index contributed by atoms with van der Waals surface area (Å²) >= 11 is 1.43. The van der Waals surface area contributed by atoms with Crippen LogP contribution in [-0.2, 0) is 14.8 Å². The van der Waals surface area contributed by atoms with Crippen molar-refractivity contribution in [2.75, 3.05) is 26.5 Å². The zero-order valence-electron chi connectivity index (χ0n) is 15.1. The normalized spacial score (nSPS) is 12.7. The second-order valence-corrected chi connectivity index (χ2v) is 9.25. The van der Waals surface area contributed by atoms with Crippen LogP contribution in [0.5, 0.6) is 5.75 Å². The number of thioether (sulfide) groups is 1. The summed E-state index contributed by atoms with van der Waals surface area (Å²) < 4.78 is 31.2. The van der Waals surface area contributed by atoms with Gasteiger partial charge in [0.1, 0.15) is 10.6 Å². The smallest absolute Gasteiger partial charge is 0.246 e. The van der Waals surface area contributed by atoms with Crippen LogP contribution in [0.1, 0.15) is 6.92 Å². The molecule has 0 aromatic heterocycles. The maximum Gasteiger partial charge on any atom is 0.246 e. The third-order valence-corrected chi connectivity index (χ3v) is 6.56. The van der Waals surface area contributed by atoms with E-state index in [4.69, 9.17) is 4.74 Å². The van der Waals surface area contributed by atoms with Crippen LogP contribution >= 0.6 is 11.8 Å². The van der Waals surface area contributed by atoms with Gasteiger partial charge in [0.2, 0.25) is 15.9 Å². The number of methoxy groups -OCH3 is 1. The highest BCUT2D eigenvalue weighted by Gasteiger charge is 2.23. The number of amides is 1. The number of hydrogen-bond donors (Lipinski definition) is 1. The standard InChI is InChI=1S/C18H22N2O4S2/c1-13(25-15-8-6-5-7-9-15)18(21)19-14-10-11-16(24-4)17(12-14)26(22,23)20(2)3/h5-13H,1-4H3,(H,19,21)/t13-/m0/s1. The molecule has 0 fully saturated rings. The molecule has 2 aromatic carbocycles. The summed E-state index contributed by atoms with van der Waals surface area (Å²) in [5, 5.41) is 2.43. The van der Waals surface area contributed by atoms with Crippen molar-refractivity contribution in [1.29, 1.82) is 0 Å². The first-order chi connectivity index (χ1) is 12.3. The maximum atomic E-state index is 12.5. The lowest BCUT2D eigenvalue weighted by Gasteiger charge is -2.17. The number of sulfonamides is 1. The Morgan fingerprint density at radius 2 is 1.81 bits per heavy atom. The van der Waals surface area contributed by atoms with Gasteiger partial charge in [-0.2, -0.15) is 0 Å². The summed E-state index contributed by atoms with van der Waals surface area (Å²) in [6.45, 7) is 1.80. The van der Waals surface area contributed by atoms with Crippen LogP contribution in [0.15, 0.2) is 58.3 Å². The molecule has 0 heterocycles. The average molecular weight is 395 g/mol. The van der Waals surface area contributed by atoms with Gasteiger partial charge in [-0.1, -0.05) is 18.2 Å². The molecule has 1 N–H and O–H groups in total. The molecule has 0 aliphatic heterocycles. The van der Waals surface area contributed by atoms with Crippen molar-refractivity contribution in [3.05, 3.63) is 48.5 Å². The summed E-state index contributed by atoms with van der Waals surface area (Å²) in [6.07, 6.45) is 0.